The third kappa shape index (κ3) is 3.15. The number of primary amides is 1. The molecule has 2 aliphatic rings. The molecule has 2 unspecified atom stereocenters. The molecule has 0 spiro atoms. The number of hydrogen-bond donors (Lipinski definition) is 2. The van der Waals surface area contributed by atoms with E-state index in [-0.39, 0.29) is 12.0 Å². The van der Waals surface area contributed by atoms with Gasteiger partial charge in [0.2, 0.25) is 5.91 Å². The maximum atomic E-state index is 11.1. The average Bonchev–Trinajstić information content (AvgIpc) is 2.93. The maximum Gasteiger partial charge on any atom is 0.246 e. The van der Waals surface area contributed by atoms with Crippen LogP contribution in [0.2, 0.25) is 0 Å². The number of anilines is 1. The van der Waals surface area contributed by atoms with Gasteiger partial charge in [0, 0.05) is 17.8 Å². The van der Waals surface area contributed by atoms with E-state index in [1.807, 2.05) is 6.92 Å². The van der Waals surface area contributed by atoms with Crippen molar-refractivity contribution in [1.29, 1.82) is 0 Å². The predicted octanol–water partition coefficient (Wildman–Crippen LogP) is 1.11. The lowest BCUT2D eigenvalue weighted by atomic mass is 9.96. The summed E-state index contributed by atoms with van der Waals surface area (Å²) in [6.07, 6.45) is 5.63. The van der Waals surface area contributed by atoms with Crippen molar-refractivity contribution in [2.75, 3.05) is 11.9 Å². The Labute approximate surface area is 124 Å². The monoisotopic (exact) mass is 290 g/mol. The van der Waals surface area contributed by atoms with Gasteiger partial charge in [0.05, 0.1) is 6.10 Å². The largest absolute Gasteiger partial charge is 0.367 e. The lowest BCUT2D eigenvalue weighted by molar-refractivity contribution is -0.128. The molecule has 1 aromatic heterocycles. The molecule has 1 fully saturated rings. The van der Waals surface area contributed by atoms with E-state index in [1.165, 1.54) is 24.1 Å². The second-order valence-corrected chi connectivity index (χ2v) is 5.86. The Morgan fingerprint density at radius 2 is 2.14 bits per heavy atom. The van der Waals surface area contributed by atoms with Gasteiger partial charge in [-0.15, -0.1) is 0 Å². The third-order valence-corrected chi connectivity index (χ3v) is 4.22. The van der Waals surface area contributed by atoms with Gasteiger partial charge in [-0.1, -0.05) is 0 Å². The summed E-state index contributed by atoms with van der Waals surface area (Å²) >= 11 is 0. The SMILES string of the molecule is Cc1nc2c(c(NCC3CCC(C(N)=O)O3)n1)CCCC2. The summed E-state index contributed by atoms with van der Waals surface area (Å²) in [5.41, 5.74) is 7.70. The number of hydrogen-bond acceptors (Lipinski definition) is 5. The van der Waals surface area contributed by atoms with E-state index >= 15 is 0 Å². The van der Waals surface area contributed by atoms with Crippen LogP contribution in [0, 0.1) is 6.92 Å². The smallest absolute Gasteiger partial charge is 0.246 e. The van der Waals surface area contributed by atoms with Gasteiger partial charge >= 0.3 is 0 Å². The first-order chi connectivity index (χ1) is 10.1. The lowest BCUT2D eigenvalue weighted by Gasteiger charge is -2.20. The second-order valence-electron chi connectivity index (χ2n) is 5.86. The molecule has 0 saturated carbocycles. The second kappa shape index (κ2) is 5.97. The van der Waals surface area contributed by atoms with Crippen LogP contribution in [0.3, 0.4) is 0 Å². The molecule has 0 radical (unpaired) electrons. The van der Waals surface area contributed by atoms with Gasteiger partial charge in [0.1, 0.15) is 17.7 Å². The molecule has 6 nitrogen and oxygen atoms in total. The van der Waals surface area contributed by atoms with Crippen LogP contribution >= 0.6 is 0 Å². The summed E-state index contributed by atoms with van der Waals surface area (Å²) in [6.45, 7) is 2.59. The van der Waals surface area contributed by atoms with Crippen LogP contribution in [0.5, 0.6) is 0 Å². The zero-order valence-electron chi connectivity index (χ0n) is 12.4. The number of rotatable bonds is 4. The van der Waals surface area contributed by atoms with Crippen molar-refractivity contribution in [2.24, 2.45) is 5.73 Å². The van der Waals surface area contributed by atoms with Crippen LogP contribution < -0.4 is 11.1 Å². The first-order valence-corrected chi connectivity index (χ1v) is 7.68. The van der Waals surface area contributed by atoms with Gasteiger partial charge in [-0.25, -0.2) is 9.97 Å². The molecule has 0 bridgehead atoms. The number of nitrogens with zero attached hydrogens (tertiary/aromatic N) is 2. The average molecular weight is 290 g/mol. The summed E-state index contributed by atoms with van der Waals surface area (Å²) < 4.78 is 5.64. The molecule has 1 aliphatic carbocycles. The first kappa shape index (κ1) is 14.3. The fourth-order valence-electron chi connectivity index (χ4n) is 3.14. The van der Waals surface area contributed by atoms with Crippen molar-refractivity contribution in [2.45, 2.75) is 57.7 Å². The molecule has 3 rings (SSSR count). The molecule has 2 atom stereocenters. The number of carbonyl (C=O) groups excluding carboxylic acids is 1. The van der Waals surface area contributed by atoms with Crippen molar-refractivity contribution >= 4 is 11.7 Å². The molecule has 21 heavy (non-hydrogen) atoms. The Balaban J connectivity index is 1.66. The number of fused-ring (bicyclic) bond motifs is 1. The highest BCUT2D eigenvalue weighted by molar-refractivity contribution is 5.79. The predicted molar refractivity (Wildman–Crippen MR) is 79.0 cm³/mol. The van der Waals surface area contributed by atoms with Gasteiger partial charge in [-0.05, 0) is 45.4 Å². The number of nitrogens with one attached hydrogen (secondary N) is 1. The van der Waals surface area contributed by atoms with Crippen LogP contribution in [0.15, 0.2) is 0 Å². The summed E-state index contributed by atoms with van der Waals surface area (Å²) in [7, 11) is 0. The molecule has 0 aromatic carbocycles. The van der Waals surface area contributed by atoms with Crippen molar-refractivity contribution in [3.63, 3.8) is 0 Å². The zero-order valence-corrected chi connectivity index (χ0v) is 12.4. The van der Waals surface area contributed by atoms with Crippen LogP contribution in [0.4, 0.5) is 5.82 Å². The Morgan fingerprint density at radius 1 is 1.33 bits per heavy atom. The first-order valence-electron chi connectivity index (χ1n) is 7.68. The molecule has 1 aromatic rings. The Morgan fingerprint density at radius 3 is 2.90 bits per heavy atom. The number of aryl methyl sites for hydroxylation is 2. The summed E-state index contributed by atoms with van der Waals surface area (Å²) in [5, 5.41) is 3.39. The van der Waals surface area contributed by atoms with E-state index in [4.69, 9.17) is 10.5 Å². The number of nitrogens with two attached hydrogens (primary N) is 1. The minimum atomic E-state index is -0.433. The minimum absolute atomic E-state index is 0.0250. The van der Waals surface area contributed by atoms with E-state index in [9.17, 15) is 4.79 Å². The topological polar surface area (TPSA) is 90.1 Å². The quantitative estimate of drug-likeness (QED) is 0.867. The summed E-state index contributed by atoms with van der Waals surface area (Å²) in [6, 6.07) is 0. The lowest BCUT2D eigenvalue weighted by Crippen LogP contribution is -2.30. The van der Waals surface area contributed by atoms with Crippen molar-refractivity contribution in [1.82, 2.24) is 9.97 Å². The van der Waals surface area contributed by atoms with Gasteiger partial charge < -0.3 is 15.8 Å². The summed E-state index contributed by atoms with van der Waals surface area (Å²) in [5.74, 6) is 1.37. The molecular weight excluding hydrogens is 268 g/mol. The Bertz CT molecular complexity index is 547. The van der Waals surface area contributed by atoms with Gasteiger partial charge in [0.15, 0.2) is 0 Å². The molecule has 6 heteroatoms. The molecular formula is C15H22N4O2. The van der Waals surface area contributed by atoms with Gasteiger partial charge in [0.25, 0.3) is 0 Å². The van der Waals surface area contributed by atoms with Crippen LogP contribution in [-0.4, -0.2) is 34.6 Å². The van der Waals surface area contributed by atoms with Crippen LogP contribution in [-0.2, 0) is 22.4 Å². The Kier molecular flexibility index (Phi) is 4.05. The molecule has 3 N–H and O–H groups in total. The molecule has 114 valence electrons. The zero-order chi connectivity index (χ0) is 14.8. The van der Waals surface area contributed by atoms with E-state index in [2.05, 4.69) is 15.3 Å². The normalized spacial score (nSPS) is 24.6. The van der Waals surface area contributed by atoms with Crippen LogP contribution in [0.1, 0.15) is 42.8 Å². The highest BCUT2D eigenvalue weighted by Crippen LogP contribution is 2.26. The van der Waals surface area contributed by atoms with E-state index in [0.29, 0.717) is 13.0 Å². The molecule has 1 saturated heterocycles. The van der Waals surface area contributed by atoms with Crippen LogP contribution in [0.25, 0.3) is 0 Å². The van der Waals surface area contributed by atoms with Crippen molar-refractivity contribution in [3.05, 3.63) is 17.1 Å². The maximum absolute atomic E-state index is 11.1. The van der Waals surface area contributed by atoms with Gasteiger partial charge in [-0.2, -0.15) is 0 Å². The molecule has 2 heterocycles. The number of carbonyl (C=O) groups is 1. The van der Waals surface area contributed by atoms with Crippen molar-refractivity contribution in [3.8, 4) is 0 Å². The Hall–Kier alpha value is -1.69. The number of ether oxygens (including phenoxy) is 1. The highest BCUT2D eigenvalue weighted by Gasteiger charge is 2.29. The number of amides is 1. The minimum Gasteiger partial charge on any atom is -0.367 e. The fraction of sp³-hybridized carbons (Fsp3) is 0.667. The fourth-order valence-corrected chi connectivity index (χ4v) is 3.14. The van der Waals surface area contributed by atoms with E-state index in [1.54, 1.807) is 0 Å². The van der Waals surface area contributed by atoms with E-state index < -0.39 is 6.10 Å². The van der Waals surface area contributed by atoms with Gasteiger partial charge in [-0.3, -0.25) is 4.79 Å². The highest BCUT2D eigenvalue weighted by atomic mass is 16.5. The molecule has 1 amide bonds. The van der Waals surface area contributed by atoms with Crippen molar-refractivity contribution < 1.29 is 9.53 Å². The number of aromatic nitrogens is 2. The van der Waals surface area contributed by atoms with E-state index in [0.717, 1.165) is 30.9 Å². The summed E-state index contributed by atoms with van der Waals surface area (Å²) in [4.78, 5) is 20.2. The standard InChI is InChI=1S/C15H22N4O2/c1-9-18-12-5-3-2-4-11(12)15(19-9)17-8-10-6-7-13(21-10)14(16)20/h10,13H,2-8H2,1H3,(H2,16,20)(H,17,18,19). The third-order valence-electron chi connectivity index (χ3n) is 4.22. The molecule has 1 aliphatic heterocycles.